The van der Waals surface area contributed by atoms with Crippen molar-refractivity contribution in [1.29, 1.82) is 0 Å². The first-order valence-corrected chi connectivity index (χ1v) is 17.7. The number of carbonyl (C=O) groups is 3. The Morgan fingerprint density at radius 1 is 0.857 bits per heavy atom. The van der Waals surface area contributed by atoms with Crippen molar-refractivity contribution in [2.45, 2.75) is 107 Å². The van der Waals surface area contributed by atoms with E-state index in [-0.39, 0.29) is 35.5 Å². The largest absolute Gasteiger partial charge is 0.507 e. The molecule has 1 aromatic heterocycles. The summed E-state index contributed by atoms with van der Waals surface area (Å²) in [5.74, 6) is -5.36. The molecule has 11 atom stereocenters. The zero-order valence-corrected chi connectivity index (χ0v) is 30.0. The van der Waals surface area contributed by atoms with Crippen molar-refractivity contribution in [3.05, 3.63) is 64.5 Å². The molecule has 0 spiro atoms. The summed E-state index contributed by atoms with van der Waals surface area (Å²) >= 11 is 0. The Morgan fingerprint density at radius 2 is 1.52 bits per heavy atom. The standard InChI is InChI=1S/C37H43NO18/c1-13(2)3-5-16-7-14(12-38-16)8-17-22(11-23-24(25(17)42)20(41)10-21(52-23)15-4-6-18(39)19(40)9-15)53-36-30(47)27(44)29(46)33(55-36)35(51)56-37-31(48)26(43)28(45)32(54-37)34(49)50/h4,6-7,9,11-13,21,26-33,36-40,42-48H,3,5,8,10H2,1-2H3,(H,49,50). The van der Waals surface area contributed by atoms with Crippen molar-refractivity contribution in [1.82, 2.24) is 4.98 Å². The molecule has 0 radical (unpaired) electrons. The Kier molecular flexibility index (Phi) is 11.8. The lowest BCUT2D eigenvalue weighted by Gasteiger charge is -2.41. The molecular weight excluding hydrogens is 746 g/mol. The van der Waals surface area contributed by atoms with Crippen LogP contribution in [0.15, 0.2) is 36.5 Å². The van der Waals surface area contributed by atoms with Crippen LogP contribution in [0, 0.1) is 5.92 Å². The Balaban J connectivity index is 1.32. The maximum absolute atomic E-state index is 13.6. The molecule has 3 aromatic rings. The number of phenols is 3. The van der Waals surface area contributed by atoms with Crippen LogP contribution in [0.5, 0.6) is 28.7 Å². The third-order valence-corrected chi connectivity index (χ3v) is 9.88. The number of aromatic hydroxyl groups is 3. The van der Waals surface area contributed by atoms with Gasteiger partial charge in [0.05, 0.1) is 6.42 Å². The number of aliphatic hydroxyl groups excluding tert-OH is 6. The normalized spacial score (nSPS) is 30.4. The number of aromatic amines is 1. The first-order valence-electron chi connectivity index (χ1n) is 17.7. The molecule has 304 valence electrons. The fourth-order valence-electron chi connectivity index (χ4n) is 6.68. The van der Waals surface area contributed by atoms with E-state index in [1.807, 2.05) is 6.07 Å². The molecule has 19 heteroatoms. The summed E-state index contributed by atoms with van der Waals surface area (Å²) in [5.41, 5.74) is 1.63. The van der Waals surface area contributed by atoms with Crippen molar-refractivity contribution in [2.75, 3.05) is 0 Å². The minimum Gasteiger partial charge on any atom is -0.507 e. The molecule has 11 unspecified atom stereocenters. The molecule has 3 aliphatic heterocycles. The molecular formula is C37H43NO18. The topological polar surface area (TPSA) is 315 Å². The number of fused-ring (bicyclic) bond motifs is 1. The van der Waals surface area contributed by atoms with Crippen LogP contribution < -0.4 is 9.47 Å². The van der Waals surface area contributed by atoms with E-state index in [1.54, 1.807) is 6.20 Å². The molecule has 11 N–H and O–H groups in total. The number of H-pyrrole nitrogens is 1. The minimum absolute atomic E-state index is 0.00244. The highest BCUT2D eigenvalue weighted by Gasteiger charge is 2.53. The van der Waals surface area contributed by atoms with E-state index in [9.17, 15) is 65.4 Å². The van der Waals surface area contributed by atoms with Gasteiger partial charge >= 0.3 is 11.9 Å². The number of ketones is 1. The second kappa shape index (κ2) is 16.2. The number of hydrogen-bond donors (Lipinski definition) is 11. The molecule has 56 heavy (non-hydrogen) atoms. The number of carboxylic acids is 1. The second-order valence-electron chi connectivity index (χ2n) is 14.4. The van der Waals surface area contributed by atoms with Gasteiger partial charge in [0.2, 0.25) is 12.6 Å². The Labute approximate surface area is 317 Å². The SMILES string of the molecule is CC(C)CCc1cc(Cc2c(OC3OC(C(=O)OC4OC(C(=O)O)C(O)C(O)C4O)C(O)C(O)C3O)cc3c(c2O)C(=O)CC(c2ccc(O)c(O)c2)O3)c[nH]1. The zero-order chi connectivity index (χ0) is 40.7. The fraction of sp³-hybridized carbons (Fsp3) is 0.486. The van der Waals surface area contributed by atoms with Gasteiger partial charge in [-0.15, -0.1) is 0 Å². The van der Waals surface area contributed by atoms with Crippen molar-refractivity contribution in [3.63, 3.8) is 0 Å². The third kappa shape index (κ3) is 8.11. The van der Waals surface area contributed by atoms with Crippen LogP contribution >= 0.6 is 0 Å². The monoisotopic (exact) mass is 789 g/mol. The lowest BCUT2D eigenvalue weighted by molar-refractivity contribution is -0.302. The first-order chi connectivity index (χ1) is 26.4. The van der Waals surface area contributed by atoms with Crippen LogP contribution in [0.2, 0.25) is 0 Å². The Hall–Kier alpha value is -4.99. The maximum atomic E-state index is 13.6. The molecule has 0 aliphatic carbocycles. The second-order valence-corrected chi connectivity index (χ2v) is 14.4. The molecule has 0 bridgehead atoms. The molecule has 19 nitrogen and oxygen atoms in total. The van der Waals surface area contributed by atoms with Crippen LogP contribution in [0.25, 0.3) is 0 Å². The fourth-order valence-corrected chi connectivity index (χ4v) is 6.68. The van der Waals surface area contributed by atoms with Crippen LogP contribution in [-0.4, -0.2) is 135 Å². The van der Waals surface area contributed by atoms with Gasteiger partial charge in [-0.2, -0.15) is 0 Å². The highest BCUT2D eigenvalue weighted by molar-refractivity contribution is 6.03. The molecule has 2 aromatic carbocycles. The lowest BCUT2D eigenvalue weighted by atomic mass is 9.92. The number of Topliss-reactive ketones (excluding diaryl/α,β-unsaturated/α-hetero) is 1. The van der Waals surface area contributed by atoms with E-state index in [0.717, 1.165) is 18.5 Å². The van der Waals surface area contributed by atoms with Crippen molar-refractivity contribution in [2.24, 2.45) is 5.92 Å². The van der Waals surface area contributed by atoms with Gasteiger partial charge in [0, 0.05) is 29.9 Å². The highest BCUT2D eigenvalue weighted by atomic mass is 16.7. The molecule has 0 amide bonds. The smallest absolute Gasteiger partial charge is 0.340 e. The summed E-state index contributed by atoms with van der Waals surface area (Å²) in [6.45, 7) is 4.15. The lowest BCUT2D eigenvalue weighted by Crippen LogP contribution is -2.63. The van der Waals surface area contributed by atoms with Crippen molar-refractivity contribution in [3.8, 4) is 28.7 Å². The van der Waals surface area contributed by atoms with Gasteiger partial charge in [-0.3, -0.25) is 4.79 Å². The molecule has 0 saturated carbocycles. The number of carboxylic acid groups (broad SMARTS) is 1. The number of nitrogens with one attached hydrogen (secondary N) is 1. The number of hydrogen-bond acceptors (Lipinski definition) is 17. The van der Waals surface area contributed by atoms with Gasteiger partial charge in [-0.25, -0.2) is 9.59 Å². The van der Waals surface area contributed by atoms with Gasteiger partial charge < -0.3 is 79.7 Å². The minimum atomic E-state index is -2.20. The van der Waals surface area contributed by atoms with Crippen LogP contribution in [0.1, 0.15) is 65.5 Å². The van der Waals surface area contributed by atoms with E-state index in [2.05, 4.69) is 18.8 Å². The van der Waals surface area contributed by atoms with Crippen LogP contribution in [-0.2, 0) is 36.6 Å². The maximum Gasteiger partial charge on any atom is 0.340 e. The molecule has 3 aliphatic rings. The van der Waals surface area contributed by atoms with E-state index in [0.29, 0.717) is 17.0 Å². The van der Waals surface area contributed by atoms with E-state index in [4.69, 9.17) is 23.7 Å². The number of aliphatic carboxylic acids is 1. The van der Waals surface area contributed by atoms with Crippen molar-refractivity contribution >= 4 is 17.7 Å². The van der Waals surface area contributed by atoms with E-state index in [1.165, 1.54) is 24.3 Å². The number of aryl methyl sites for hydroxylation is 1. The predicted molar refractivity (Wildman–Crippen MR) is 185 cm³/mol. The molecule has 2 saturated heterocycles. The third-order valence-electron chi connectivity index (χ3n) is 9.88. The molecule has 6 rings (SSSR count). The number of rotatable bonds is 11. The van der Waals surface area contributed by atoms with Crippen molar-refractivity contribution < 1.29 is 89.1 Å². The zero-order valence-electron chi connectivity index (χ0n) is 30.0. The average Bonchev–Trinajstić information content (AvgIpc) is 3.60. The quantitative estimate of drug-likeness (QED) is 0.0873. The van der Waals surface area contributed by atoms with E-state index < -0.39 is 102 Å². The summed E-state index contributed by atoms with van der Waals surface area (Å²) in [6, 6.07) is 6.89. The summed E-state index contributed by atoms with van der Waals surface area (Å²) in [4.78, 5) is 41.5. The number of esters is 1. The summed E-state index contributed by atoms with van der Waals surface area (Å²) in [5, 5.41) is 104. The van der Waals surface area contributed by atoms with Gasteiger partial charge in [0.1, 0.15) is 65.5 Å². The van der Waals surface area contributed by atoms with E-state index >= 15 is 0 Å². The first kappa shape index (κ1) is 40.7. The van der Waals surface area contributed by atoms with Gasteiger partial charge in [-0.05, 0) is 48.1 Å². The van der Waals surface area contributed by atoms with Crippen LogP contribution in [0.3, 0.4) is 0 Å². The number of aliphatic hydroxyl groups is 6. The number of aromatic nitrogens is 1. The number of benzene rings is 2. The Bertz CT molecular complexity index is 1950. The number of carbonyl (C=O) groups excluding carboxylic acids is 2. The number of ether oxygens (including phenoxy) is 5. The van der Waals surface area contributed by atoms with Gasteiger partial charge in [0.15, 0.2) is 29.5 Å². The summed E-state index contributed by atoms with van der Waals surface area (Å²) in [7, 11) is 0. The Morgan fingerprint density at radius 3 is 2.18 bits per heavy atom. The highest BCUT2D eigenvalue weighted by Crippen LogP contribution is 2.47. The molecule has 4 heterocycles. The summed E-state index contributed by atoms with van der Waals surface area (Å²) < 4.78 is 27.6. The predicted octanol–water partition coefficient (Wildman–Crippen LogP) is -0.361. The van der Waals surface area contributed by atoms with Gasteiger partial charge in [0.25, 0.3) is 0 Å². The summed E-state index contributed by atoms with van der Waals surface area (Å²) in [6.07, 6.45) is -19.4. The number of phenolic OH excluding ortho intramolecular Hbond substituents is 3. The molecule has 2 fully saturated rings. The van der Waals surface area contributed by atoms with Gasteiger partial charge in [-0.1, -0.05) is 19.9 Å². The average molecular weight is 790 g/mol. The van der Waals surface area contributed by atoms with Crippen LogP contribution in [0.4, 0.5) is 0 Å².